The van der Waals surface area contributed by atoms with Crippen molar-refractivity contribution >= 4 is 17.6 Å². The predicted octanol–water partition coefficient (Wildman–Crippen LogP) is 2.59. The Hall–Kier alpha value is -2.89. The highest BCUT2D eigenvalue weighted by Gasteiger charge is 2.12. The molecule has 2 rings (SSSR count). The summed E-state index contributed by atoms with van der Waals surface area (Å²) in [4.78, 5) is 22.8. The third-order valence-electron chi connectivity index (χ3n) is 3.08. The van der Waals surface area contributed by atoms with Gasteiger partial charge in [-0.25, -0.2) is 5.43 Å². The molecule has 2 aromatic rings. The second kappa shape index (κ2) is 7.21. The van der Waals surface area contributed by atoms with Crippen molar-refractivity contribution in [1.29, 1.82) is 0 Å². The number of aryl methyl sites for hydroxylation is 1. The lowest BCUT2D eigenvalue weighted by atomic mass is 10.1. The number of carboxylic acid groups (broad SMARTS) is 1. The summed E-state index contributed by atoms with van der Waals surface area (Å²) in [7, 11) is 0. The summed E-state index contributed by atoms with van der Waals surface area (Å²) in [5.41, 5.74) is 4.12. The van der Waals surface area contributed by atoms with Crippen LogP contribution in [0, 0.1) is 6.92 Å². The van der Waals surface area contributed by atoms with Gasteiger partial charge in [0.1, 0.15) is 5.76 Å². The molecule has 2 N–H and O–H groups in total. The average molecular weight is 300 g/mol. The zero-order chi connectivity index (χ0) is 15.9. The van der Waals surface area contributed by atoms with Gasteiger partial charge in [-0.2, -0.15) is 5.10 Å². The lowest BCUT2D eigenvalue weighted by Gasteiger charge is -2.06. The van der Waals surface area contributed by atoms with Gasteiger partial charge in [0.05, 0.1) is 24.0 Å². The number of hydrogen-bond acceptors (Lipinski definition) is 4. The molecule has 114 valence electrons. The van der Waals surface area contributed by atoms with Gasteiger partial charge in [-0.3, -0.25) is 9.59 Å². The number of hydrogen-bond donors (Lipinski definition) is 2. The lowest BCUT2D eigenvalue weighted by Crippen LogP contribution is -2.20. The highest BCUT2D eigenvalue weighted by atomic mass is 16.4. The second-order valence-corrected chi connectivity index (χ2v) is 4.65. The van der Waals surface area contributed by atoms with Crippen LogP contribution in [0.1, 0.15) is 34.5 Å². The van der Waals surface area contributed by atoms with Gasteiger partial charge in [0.15, 0.2) is 0 Å². The Kier molecular flexibility index (Phi) is 5.08. The zero-order valence-electron chi connectivity index (χ0n) is 12.1. The van der Waals surface area contributed by atoms with Crippen LogP contribution in [0.15, 0.2) is 52.2 Å². The fourth-order valence-electron chi connectivity index (χ4n) is 1.92. The van der Waals surface area contributed by atoms with Gasteiger partial charge >= 0.3 is 5.97 Å². The third kappa shape index (κ3) is 4.05. The van der Waals surface area contributed by atoms with E-state index in [1.54, 1.807) is 13.0 Å². The Balaban J connectivity index is 2.16. The van der Waals surface area contributed by atoms with Crippen molar-refractivity contribution in [3.63, 3.8) is 0 Å². The molecule has 0 saturated heterocycles. The predicted molar refractivity (Wildman–Crippen MR) is 80.8 cm³/mol. The Morgan fingerprint density at radius 2 is 1.91 bits per heavy atom. The maximum absolute atomic E-state index is 12.0. The summed E-state index contributed by atoms with van der Waals surface area (Å²) in [6, 6.07) is 10.7. The molecule has 0 bridgehead atoms. The number of carbonyl (C=O) groups excluding carboxylic acids is 1. The molecule has 1 aromatic carbocycles. The number of carbonyl (C=O) groups is 2. The molecular weight excluding hydrogens is 284 g/mol. The molecular formula is C16H16N2O4. The van der Waals surface area contributed by atoms with Crippen molar-refractivity contribution in [2.45, 2.75) is 19.8 Å². The Labute approximate surface area is 127 Å². The summed E-state index contributed by atoms with van der Waals surface area (Å²) < 4.78 is 5.07. The van der Waals surface area contributed by atoms with Crippen LogP contribution in [0.5, 0.6) is 0 Å². The summed E-state index contributed by atoms with van der Waals surface area (Å²) in [5, 5.41) is 12.9. The quantitative estimate of drug-likeness (QED) is 0.633. The summed E-state index contributed by atoms with van der Waals surface area (Å²) in [6.45, 7) is 1.68. The molecule has 6 nitrogen and oxygen atoms in total. The van der Waals surface area contributed by atoms with Gasteiger partial charge in [-0.15, -0.1) is 0 Å². The molecule has 0 unspecified atom stereocenters. The van der Waals surface area contributed by atoms with Crippen molar-refractivity contribution in [1.82, 2.24) is 5.43 Å². The number of furan rings is 1. The third-order valence-corrected chi connectivity index (χ3v) is 3.08. The standard InChI is InChI=1S/C16H16N2O4/c1-11-13(9-10-22-11)16(21)18-17-14(7-8-15(19)20)12-5-3-2-4-6-12/h2-6,9-10H,7-8H2,1H3,(H,18,21)(H,19,20)/b17-14+. The first-order valence-electron chi connectivity index (χ1n) is 6.76. The van der Waals surface area contributed by atoms with E-state index in [4.69, 9.17) is 9.52 Å². The number of benzene rings is 1. The number of nitrogens with zero attached hydrogens (tertiary/aromatic N) is 1. The molecule has 1 amide bonds. The van der Waals surface area contributed by atoms with Crippen molar-refractivity contribution in [3.8, 4) is 0 Å². The van der Waals surface area contributed by atoms with Gasteiger partial charge in [-0.05, 0) is 18.6 Å². The van der Waals surface area contributed by atoms with E-state index >= 15 is 0 Å². The fraction of sp³-hybridized carbons (Fsp3) is 0.188. The van der Waals surface area contributed by atoms with Crippen LogP contribution in [0.2, 0.25) is 0 Å². The van der Waals surface area contributed by atoms with Crippen LogP contribution in [0.3, 0.4) is 0 Å². The van der Waals surface area contributed by atoms with Crippen LogP contribution in [-0.2, 0) is 4.79 Å². The van der Waals surface area contributed by atoms with E-state index in [1.165, 1.54) is 6.26 Å². The number of aliphatic carboxylic acids is 1. The molecule has 6 heteroatoms. The SMILES string of the molecule is Cc1occc1C(=O)N/N=C(\CCC(=O)O)c1ccccc1. The van der Waals surface area contributed by atoms with Crippen molar-refractivity contribution in [2.75, 3.05) is 0 Å². The van der Waals surface area contributed by atoms with E-state index in [-0.39, 0.29) is 12.8 Å². The zero-order valence-corrected chi connectivity index (χ0v) is 12.1. The molecule has 22 heavy (non-hydrogen) atoms. The Bertz CT molecular complexity index is 689. The van der Waals surface area contributed by atoms with E-state index < -0.39 is 11.9 Å². The smallest absolute Gasteiger partial charge is 0.303 e. The van der Waals surface area contributed by atoms with Crippen molar-refractivity contribution < 1.29 is 19.1 Å². The molecule has 0 atom stereocenters. The van der Waals surface area contributed by atoms with E-state index in [0.29, 0.717) is 17.0 Å². The van der Waals surface area contributed by atoms with Crippen LogP contribution >= 0.6 is 0 Å². The van der Waals surface area contributed by atoms with Gasteiger partial charge in [0.25, 0.3) is 5.91 Å². The summed E-state index contributed by atoms with van der Waals surface area (Å²) >= 11 is 0. The maximum Gasteiger partial charge on any atom is 0.303 e. The minimum atomic E-state index is -0.916. The molecule has 1 heterocycles. The normalized spacial score (nSPS) is 11.2. The summed E-state index contributed by atoms with van der Waals surface area (Å²) in [6.07, 6.45) is 1.59. The molecule has 0 spiro atoms. The van der Waals surface area contributed by atoms with Crippen LogP contribution in [0.25, 0.3) is 0 Å². The first-order chi connectivity index (χ1) is 10.6. The minimum absolute atomic E-state index is 0.0612. The first-order valence-corrected chi connectivity index (χ1v) is 6.76. The van der Waals surface area contributed by atoms with Crippen LogP contribution < -0.4 is 5.43 Å². The first kappa shape index (κ1) is 15.5. The topological polar surface area (TPSA) is 91.9 Å². The fourth-order valence-corrected chi connectivity index (χ4v) is 1.92. The van der Waals surface area contributed by atoms with Crippen molar-refractivity contribution in [3.05, 3.63) is 59.5 Å². The van der Waals surface area contributed by atoms with E-state index in [2.05, 4.69) is 10.5 Å². The van der Waals surface area contributed by atoms with Gasteiger partial charge in [-0.1, -0.05) is 30.3 Å². The highest BCUT2D eigenvalue weighted by molar-refractivity contribution is 6.03. The lowest BCUT2D eigenvalue weighted by molar-refractivity contribution is -0.136. The Morgan fingerprint density at radius 1 is 1.18 bits per heavy atom. The van der Waals surface area contributed by atoms with E-state index in [1.807, 2.05) is 30.3 Å². The van der Waals surface area contributed by atoms with Crippen LogP contribution in [-0.4, -0.2) is 22.7 Å². The number of amides is 1. The number of rotatable bonds is 6. The second-order valence-electron chi connectivity index (χ2n) is 4.65. The highest BCUT2D eigenvalue weighted by Crippen LogP contribution is 2.09. The molecule has 0 fully saturated rings. The molecule has 0 aliphatic carbocycles. The largest absolute Gasteiger partial charge is 0.481 e. The van der Waals surface area contributed by atoms with Gasteiger partial charge in [0, 0.05) is 6.42 Å². The van der Waals surface area contributed by atoms with Crippen LogP contribution in [0.4, 0.5) is 0 Å². The molecule has 1 aromatic heterocycles. The minimum Gasteiger partial charge on any atom is -0.481 e. The number of nitrogens with one attached hydrogen (secondary N) is 1. The van der Waals surface area contributed by atoms with E-state index in [9.17, 15) is 9.59 Å². The van der Waals surface area contributed by atoms with Crippen molar-refractivity contribution in [2.24, 2.45) is 5.10 Å². The molecule has 0 radical (unpaired) electrons. The maximum atomic E-state index is 12.0. The van der Waals surface area contributed by atoms with Gasteiger partial charge < -0.3 is 9.52 Å². The number of hydrazone groups is 1. The van der Waals surface area contributed by atoms with E-state index in [0.717, 1.165) is 5.56 Å². The molecule has 0 saturated carbocycles. The molecule has 0 aliphatic heterocycles. The Morgan fingerprint density at radius 3 is 2.50 bits per heavy atom. The molecule has 0 aliphatic rings. The average Bonchev–Trinajstić information content (AvgIpc) is 2.94. The monoisotopic (exact) mass is 300 g/mol. The summed E-state index contributed by atoms with van der Waals surface area (Å²) in [5.74, 6) is -0.810. The number of carboxylic acids is 1. The van der Waals surface area contributed by atoms with Gasteiger partial charge in [0.2, 0.25) is 0 Å².